The smallest absolute Gasteiger partial charge is 0.477 e. The highest BCUT2D eigenvalue weighted by Crippen LogP contribution is 2.32. The Morgan fingerprint density at radius 1 is 0.878 bits per heavy atom. The Balaban J connectivity index is 2.38. The molecule has 1 fully saturated rings. The fraction of sp³-hybridized carbons (Fsp3) is 0.655. The highest BCUT2D eigenvalue weighted by atomic mass is 16.8. The van der Waals surface area contributed by atoms with Crippen LogP contribution in [0.3, 0.4) is 0 Å². The molecule has 1 aromatic carbocycles. The number of benzene rings is 1. The molecule has 2 N–H and O–H groups in total. The molecule has 41 heavy (non-hydrogen) atoms. The second-order valence-corrected chi connectivity index (χ2v) is 10.5. The number of aliphatic carboxylic acids is 1. The van der Waals surface area contributed by atoms with E-state index in [1.807, 2.05) is 13.8 Å². The molecule has 1 aliphatic carbocycles. The summed E-state index contributed by atoms with van der Waals surface area (Å²) in [7, 11) is 0. The predicted octanol–water partition coefficient (Wildman–Crippen LogP) is 6.12. The number of ether oxygens (including phenoxy) is 6. The number of carbonyl (C=O) groups is 4. The highest BCUT2D eigenvalue weighted by Gasteiger charge is 2.45. The zero-order chi connectivity index (χ0) is 30.6. The Morgan fingerprint density at radius 3 is 1.95 bits per heavy atom. The van der Waals surface area contributed by atoms with Crippen molar-refractivity contribution in [3.63, 3.8) is 0 Å². The summed E-state index contributed by atoms with van der Waals surface area (Å²) in [6.07, 6.45) is 0.591. The number of carboxylic acid groups (broad SMARTS) is 1. The average molecular weight is 582 g/mol. The molecular formula is C29H43NO11. The van der Waals surface area contributed by atoms with Crippen LogP contribution in [0.15, 0.2) is 18.2 Å². The van der Waals surface area contributed by atoms with Gasteiger partial charge in [0.1, 0.15) is 18.3 Å². The molecule has 2 unspecified atom stereocenters. The van der Waals surface area contributed by atoms with Crippen LogP contribution in [-0.4, -0.2) is 59.6 Å². The van der Waals surface area contributed by atoms with Crippen molar-refractivity contribution in [2.24, 2.45) is 0 Å². The van der Waals surface area contributed by atoms with E-state index in [0.29, 0.717) is 25.7 Å². The quantitative estimate of drug-likeness (QED) is 0.119. The Bertz CT molecular complexity index is 1040. The van der Waals surface area contributed by atoms with E-state index >= 15 is 0 Å². The molecule has 2 rings (SSSR count). The molecule has 1 aromatic rings. The van der Waals surface area contributed by atoms with E-state index in [2.05, 4.69) is 5.32 Å². The third-order valence-corrected chi connectivity index (χ3v) is 6.53. The molecule has 0 amide bonds. The van der Waals surface area contributed by atoms with E-state index in [9.17, 15) is 24.3 Å². The molecule has 12 heteroatoms. The average Bonchev–Trinajstić information content (AvgIpc) is 2.89. The summed E-state index contributed by atoms with van der Waals surface area (Å²) >= 11 is 0. The zero-order valence-corrected chi connectivity index (χ0v) is 24.7. The molecule has 0 bridgehead atoms. The Labute approximate surface area is 240 Å². The minimum atomic E-state index is -2.22. The maximum absolute atomic E-state index is 12.7. The third kappa shape index (κ3) is 11.1. The van der Waals surface area contributed by atoms with Gasteiger partial charge in [-0.3, -0.25) is 5.32 Å². The van der Waals surface area contributed by atoms with Gasteiger partial charge in [0.25, 0.3) is 5.72 Å². The van der Waals surface area contributed by atoms with E-state index in [0.717, 1.165) is 19.3 Å². The topological polar surface area (TPSA) is 156 Å². The summed E-state index contributed by atoms with van der Waals surface area (Å²) in [5, 5.41) is 13.0. The molecule has 0 saturated heterocycles. The van der Waals surface area contributed by atoms with Crippen LogP contribution in [0.1, 0.15) is 92.1 Å². The van der Waals surface area contributed by atoms with Gasteiger partial charge in [-0.2, -0.15) is 0 Å². The van der Waals surface area contributed by atoms with Crippen molar-refractivity contribution < 1.29 is 52.7 Å². The minimum Gasteiger partial charge on any atom is -0.477 e. The summed E-state index contributed by atoms with van der Waals surface area (Å²) in [6.45, 7) is 10.4. The van der Waals surface area contributed by atoms with Crippen molar-refractivity contribution in [1.82, 2.24) is 5.32 Å². The first-order valence-electron chi connectivity index (χ1n) is 14.2. The molecule has 3 atom stereocenters. The largest absolute Gasteiger partial charge is 0.514 e. The Kier molecular flexibility index (Phi) is 13.2. The van der Waals surface area contributed by atoms with Gasteiger partial charge in [0.2, 0.25) is 0 Å². The van der Waals surface area contributed by atoms with Crippen molar-refractivity contribution in [1.29, 1.82) is 0 Å². The van der Waals surface area contributed by atoms with E-state index in [1.165, 1.54) is 18.2 Å². The van der Waals surface area contributed by atoms with Crippen LogP contribution in [0.2, 0.25) is 0 Å². The molecule has 1 saturated carbocycles. The number of hydrogen-bond acceptors (Lipinski definition) is 11. The van der Waals surface area contributed by atoms with Crippen LogP contribution < -0.4 is 14.8 Å². The predicted molar refractivity (Wildman–Crippen MR) is 147 cm³/mol. The zero-order valence-electron chi connectivity index (χ0n) is 24.7. The lowest BCUT2D eigenvalue weighted by Crippen LogP contribution is -2.59. The number of hydrogen-bond donors (Lipinski definition) is 2. The number of carboxylic acids is 1. The van der Waals surface area contributed by atoms with Gasteiger partial charge < -0.3 is 33.5 Å². The van der Waals surface area contributed by atoms with Gasteiger partial charge in [-0.1, -0.05) is 26.3 Å². The van der Waals surface area contributed by atoms with Gasteiger partial charge in [-0.15, -0.1) is 0 Å². The second kappa shape index (κ2) is 16.0. The molecule has 0 spiro atoms. The van der Waals surface area contributed by atoms with Crippen LogP contribution in [0.4, 0.5) is 14.4 Å². The number of rotatable bonds is 13. The third-order valence-electron chi connectivity index (χ3n) is 6.53. The van der Waals surface area contributed by atoms with Crippen LogP contribution in [0.5, 0.6) is 11.5 Å². The summed E-state index contributed by atoms with van der Waals surface area (Å²) in [6, 6.07) is 3.67. The van der Waals surface area contributed by atoms with E-state index < -0.39 is 48.4 Å². The van der Waals surface area contributed by atoms with Crippen LogP contribution >= 0.6 is 0 Å². The van der Waals surface area contributed by atoms with Gasteiger partial charge in [-0.25, -0.2) is 19.2 Å². The fourth-order valence-corrected chi connectivity index (χ4v) is 4.09. The molecule has 0 radical (unpaired) electrons. The molecular weight excluding hydrogens is 538 g/mol. The molecule has 12 nitrogen and oxygen atoms in total. The first-order chi connectivity index (χ1) is 19.4. The molecule has 0 aliphatic heterocycles. The summed E-state index contributed by atoms with van der Waals surface area (Å²) in [4.78, 5) is 50.0. The first kappa shape index (κ1) is 33.7. The molecule has 0 aromatic heterocycles. The lowest BCUT2D eigenvalue weighted by molar-refractivity contribution is -0.168. The molecule has 230 valence electrons. The van der Waals surface area contributed by atoms with Crippen molar-refractivity contribution in [3.8, 4) is 11.5 Å². The van der Waals surface area contributed by atoms with Crippen molar-refractivity contribution >= 4 is 24.4 Å². The Hall–Kier alpha value is -3.54. The van der Waals surface area contributed by atoms with E-state index in [-0.39, 0.29) is 29.6 Å². The molecule has 0 heterocycles. The highest BCUT2D eigenvalue weighted by molar-refractivity contribution is 5.80. The maximum atomic E-state index is 12.7. The lowest BCUT2D eigenvalue weighted by Gasteiger charge is -2.32. The van der Waals surface area contributed by atoms with Gasteiger partial charge >= 0.3 is 24.4 Å². The standard InChI is InChI=1S/C29H43NO11/c1-7-19(5)36-26(33)39-23-15-14-21(16-24(23)40-27(34)37-20(6)8-2)17-29(25(31)32,30-18(3)4)41-28(35)38-22-12-10-9-11-13-22/h14-16,18-20,22,30H,7-13,17H2,1-6H3,(H,31,32)/t19?,20?,29-/m0/s1. The second-order valence-electron chi connectivity index (χ2n) is 10.5. The summed E-state index contributed by atoms with van der Waals surface area (Å²) in [5.74, 6) is -1.83. The van der Waals surface area contributed by atoms with Crippen LogP contribution in [0.25, 0.3) is 0 Å². The lowest BCUT2D eigenvalue weighted by atomic mass is 9.98. The van der Waals surface area contributed by atoms with Crippen molar-refractivity contribution in [2.75, 3.05) is 0 Å². The maximum Gasteiger partial charge on any atom is 0.514 e. The number of nitrogens with one attached hydrogen (secondary N) is 1. The fourth-order valence-electron chi connectivity index (χ4n) is 4.09. The van der Waals surface area contributed by atoms with E-state index in [1.54, 1.807) is 27.7 Å². The summed E-state index contributed by atoms with van der Waals surface area (Å²) in [5.41, 5.74) is -1.94. The van der Waals surface area contributed by atoms with Gasteiger partial charge in [0, 0.05) is 12.5 Å². The Morgan fingerprint density at radius 2 is 1.44 bits per heavy atom. The van der Waals surface area contributed by atoms with Gasteiger partial charge in [0.05, 0.1) is 0 Å². The monoisotopic (exact) mass is 581 g/mol. The van der Waals surface area contributed by atoms with E-state index in [4.69, 9.17) is 28.4 Å². The normalized spacial score (nSPS) is 16.6. The van der Waals surface area contributed by atoms with Gasteiger partial charge in [-0.05, 0) is 83.9 Å². The SMILES string of the molecule is CCC(C)OC(=O)Oc1ccc(C[C@](NC(C)C)(OC(=O)OC2CCCCC2)C(=O)O)cc1OC(=O)OC(C)CC. The summed E-state index contributed by atoms with van der Waals surface area (Å²) < 4.78 is 31.8. The first-order valence-corrected chi connectivity index (χ1v) is 14.2. The minimum absolute atomic E-state index is 0.154. The number of carbonyl (C=O) groups excluding carboxylic acids is 3. The van der Waals surface area contributed by atoms with Crippen LogP contribution in [0, 0.1) is 0 Å². The van der Waals surface area contributed by atoms with Crippen LogP contribution in [-0.2, 0) is 30.2 Å². The van der Waals surface area contributed by atoms with Crippen molar-refractivity contribution in [2.45, 2.75) is 123 Å². The molecule has 1 aliphatic rings. The van der Waals surface area contributed by atoms with Gasteiger partial charge in [0.15, 0.2) is 11.5 Å². The van der Waals surface area contributed by atoms with Crippen molar-refractivity contribution in [3.05, 3.63) is 23.8 Å².